The van der Waals surface area contributed by atoms with E-state index in [0.29, 0.717) is 0 Å². The van der Waals surface area contributed by atoms with Crippen molar-refractivity contribution in [3.05, 3.63) is 12.7 Å². The Morgan fingerprint density at radius 1 is 1.38 bits per heavy atom. The van der Waals surface area contributed by atoms with Crippen molar-refractivity contribution in [1.29, 1.82) is 0 Å². The highest BCUT2D eigenvalue weighted by Gasteiger charge is 2.53. The number of aliphatic hydroxyl groups excluding tert-OH is 1. The summed E-state index contributed by atoms with van der Waals surface area (Å²) in [6, 6.07) is 0. The van der Waals surface area contributed by atoms with Crippen molar-refractivity contribution < 1.29 is 19.3 Å². The molecule has 0 spiro atoms. The van der Waals surface area contributed by atoms with Gasteiger partial charge in [0.15, 0.2) is 12.1 Å². The monoisotopic (exact) mass is 186 g/mol. The number of rotatable bonds is 1. The fourth-order valence-corrected chi connectivity index (χ4v) is 1.71. The van der Waals surface area contributed by atoms with E-state index in [-0.39, 0.29) is 6.10 Å². The molecule has 0 aromatic rings. The average Bonchev–Trinajstić information content (AvgIpc) is 2.47. The van der Waals surface area contributed by atoms with Gasteiger partial charge in [-0.15, -0.1) is 6.58 Å². The third kappa shape index (κ3) is 1.40. The van der Waals surface area contributed by atoms with Gasteiger partial charge in [0.25, 0.3) is 0 Å². The van der Waals surface area contributed by atoms with Crippen LogP contribution in [0.2, 0.25) is 0 Å². The second-order valence-corrected chi connectivity index (χ2v) is 3.80. The van der Waals surface area contributed by atoms with Crippen LogP contribution in [0.1, 0.15) is 13.8 Å². The summed E-state index contributed by atoms with van der Waals surface area (Å²) >= 11 is 0. The normalized spacial score (nSPS) is 47.6. The molecule has 0 saturated carbocycles. The molecule has 0 unspecified atom stereocenters. The van der Waals surface area contributed by atoms with Gasteiger partial charge in [-0.1, -0.05) is 6.08 Å². The molecule has 4 nitrogen and oxygen atoms in total. The van der Waals surface area contributed by atoms with Crippen LogP contribution in [0.3, 0.4) is 0 Å². The van der Waals surface area contributed by atoms with E-state index in [9.17, 15) is 5.11 Å². The van der Waals surface area contributed by atoms with Crippen molar-refractivity contribution in [3.63, 3.8) is 0 Å². The zero-order valence-corrected chi connectivity index (χ0v) is 7.77. The number of hydrogen-bond acceptors (Lipinski definition) is 4. The molecular weight excluding hydrogens is 172 g/mol. The van der Waals surface area contributed by atoms with Crippen LogP contribution < -0.4 is 0 Å². The first-order valence-corrected chi connectivity index (χ1v) is 4.35. The summed E-state index contributed by atoms with van der Waals surface area (Å²) < 4.78 is 16.3. The summed E-state index contributed by atoms with van der Waals surface area (Å²) in [5.41, 5.74) is 0. The Labute approximate surface area is 77.1 Å². The summed E-state index contributed by atoms with van der Waals surface area (Å²) in [4.78, 5) is 0. The van der Waals surface area contributed by atoms with Gasteiger partial charge in [0, 0.05) is 0 Å². The van der Waals surface area contributed by atoms with Crippen molar-refractivity contribution in [1.82, 2.24) is 0 Å². The Morgan fingerprint density at radius 3 is 2.62 bits per heavy atom. The van der Waals surface area contributed by atoms with Crippen molar-refractivity contribution in [2.24, 2.45) is 0 Å². The summed E-state index contributed by atoms with van der Waals surface area (Å²) in [6.07, 6.45) is -0.357. The fraction of sp³-hybridized carbons (Fsp3) is 0.778. The van der Waals surface area contributed by atoms with E-state index in [0.717, 1.165) is 0 Å². The van der Waals surface area contributed by atoms with Gasteiger partial charge in [-0.2, -0.15) is 0 Å². The van der Waals surface area contributed by atoms with Gasteiger partial charge in [-0.25, -0.2) is 0 Å². The summed E-state index contributed by atoms with van der Waals surface area (Å²) in [6.45, 7) is 7.15. The van der Waals surface area contributed by atoms with Gasteiger partial charge in [0.2, 0.25) is 0 Å². The zero-order chi connectivity index (χ0) is 9.64. The van der Waals surface area contributed by atoms with Gasteiger partial charge in [0.1, 0.15) is 18.3 Å². The molecule has 1 N–H and O–H groups in total. The van der Waals surface area contributed by atoms with Gasteiger partial charge in [-0.05, 0) is 13.8 Å². The topological polar surface area (TPSA) is 47.9 Å². The van der Waals surface area contributed by atoms with E-state index in [1.807, 2.05) is 0 Å². The minimum absolute atomic E-state index is 0.383. The molecule has 0 aromatic carbocycles. The third-order valence-corrected chi connectivity index (χ3v) is 2.28. The third-order valence-electron chi connectivity index (χ3n) is 2.28. The Balaban J connectivity index is 2.11. The molecule has 0 aromatic heterocycles. The van der Waals surface area contributed by atoms with Crippen LogP contribution in [0, 0.1) is 0 Å². The number of fused-ring (bicyclic) bond motifs is 1. The van der Waals surface area contributed by atoms with Crippen LogP contribution in [-0.4, -0.2) is 35.5 Å². The fourth-order valence-electron chi connectivity index (χ4n) is 1.71. The molecular formula is C9H14O4. The zero-order valence-electron chi connectivity index (χ0n) is 7.77. The Morgan fingerprint density at radius 2 is 2.08 bits per heavy atom. The van der Waals surface area contributed by atoms with E-state index in [1.54, 1.807) is 19.9 Å². The predicted molar refractivity (Wildman–Crippen MR) is 44.9 cm³/mol. The molecule has 0 amide bonds. The first-order valence-electron chi connectivity index (χ1n) is 4.35. The first-order chi connectivity index (χ1) is 6.03. The van der Waals surface area contributed by atoms with Crippen LogP contribution in [0.15, 0.2) is 12.7 Å². The molecule has 4 atom stereocenters. The SMILES string of the molecule is C=C[C@@H]1O[C@@H]2OC(C)(C)O[C@@H]2[C@H]1O. The van der Waals surface area contributed by atoms with E-state index in [1.165, 1.54) is 0 Å². The maximum atomic E-state index is 9.69. The van der Waals surface area contributed by atoms with E-state index < -0.39 is 24.3 Å². The Hall–Kier alpha value is -0.420. The molecule has 0 bridgehead atoms. The second-order valence-electron chi connectivity index (χ2n) is 3.80. The molecule has 2 aliphatic heterocycles. The highest BCUT2D eigenvalue weighted by molar-refractivity contribution is 4.99. The molecule has 0 aliphatic carbocycles. The molecule has 2 aliphatic rings. The molecule has 13 heavy (non-hydrogen) atoms. The van der Waals surface area contributed by atoms with Crippen LogP contribution in [0.25, 0.3) is 0 Å². The van der Waals surface area contributed by atoms with Crippen molar-refractivity contribution in [3.8, 4) is 0 Å². The van der Waals surface area contributed by atoms with Crippen LogP contribution in [-0.2, 0) is 14.2 Å². The van der Waals surface area contributed by atoms with Gasteiger partial charge >= 0.3 is 0 Å². The van der Waals surface area contributed by atoms with Gasteiger partial charge < -0.3 is 19.3 Å². The minimum atomic E-state index is -0.677. The lowest BCUT2D eigenvalue weighted by molar-refractivity contribution is -0.209. The summed E-state index contributed by atoms with van der Waals surface area (Å²) in [7, 11) is 0. The highest BCUT2D eigenvalue weighted by atomic mass is 16.8. The lowest BCUT2D eigenvalue weighted by Gasteiger charge is -2.21. The maximum Gasteiger partial charge on any atom is 0.190 e. The summed E-state index contributed by atoms with van der Waals surface area (Å²) in [5, 5.41) is 9.69. The molecule has 2 rings (SSSR count). The van der Waals surface area contributed by atoms with Crippen molar-refractivity contribution in [2.45, 2.75) is 44.2 Å². The molecule has 4 heteroatoms. The second kappa shape index (κ2) is 2.78. The number of hydrogen-bond donors (Lipinski definition) is 1. The molecule has 2 saturated heterocycles. The standard InChI is InChI=1S/C9H14O4/c1-4-5-6(10)7-8(11-5)13-9(2,3)12-7/h4-8,10H,1H2,2-3H3/t5-,6-,7+,8+/m0/s1. The molecule has 0 radical (unpaired) electrons. The molecule has 2 heterocycles. The Kier molecular flexibility index (Phi) is 1.96. The average molecular weight is 186 g/mol. The largest absolute Gasteiger partial charge is 0.387 e. The van der Waals surface area contributed by atoms with E-state index >= 15 is 0 Å². The van der Waals surface area contributed by atoms with Crippen LogP contribution in [0.5, 0.6) is 0 Å². The van der Waals surface area contributed by atoms with Crippen molar-refractivity contribution in [2.75, 3.05) is 0 Å². The smallest absolute Gasteiger partial charge is 0.190 e. The maximum absolute atomic E-state index is 9.69. The van der Waals surface area contributed by atoms with Crippen LogP contribution in [0.4, 0.5) is 0 Å². The predicted octanol–water partition coefficient (Wildman–Crippen LogP) is 0.410. The van der Waals surface area contributed by atoms with Gasteiger partial charge in [-0.3, -0.25) is 0 Å². The van der Waals surface area contributed by atoms with E-state index in [2.05, 4.69) is 6.58 Å². The minimum Gasteiger partial charge on any atom is -0.387 e. The lowest BCUT2D eigenvalue weighted by Crippen LogP contribution is -2.33. The summed E-state index contributed by atoms with van der Waals surface area (Å²) in [5.74, 6) is -0.664. The molecule has 74 valence electrons. The first kappa shape index (κ1) is 9.15. The lowest BCUT2D eigenvalue weighted by atomic mass is 10.1. The quantitative estimate of drug-likeness (QED) is 0.602. The number of aliphatic hydroxyl groups is 1. The Bertz CT molecular complexity index is 226. The highest BCUT2D eigenvalue weighted by Crippen LogP contribution is 2.37. The van der Waals surface area contributed by atoms with E-state index in [4.69, 9.17) is 14.2 Å². The molecule has 2 fully saturated rings. The number of ether oxygens (including phenoxy) is 3. The van der Waals surface area contributed by atoms with Gasteiger partial charge in [0.05, 0.1) is 0 Å². The van der Waals surface area contributed by atoms with Crippen molar-refractivity contribution >= 4 is 0 Å². The van der Waals surface area contributed by atoms with Crippen LogP contribution >= 0.6 is 0 Å².